The van der Waals surface area contributed by atoms with Crippen LogP contribution in [-0.4, -0.2) is 12.1 Å². The zero-order chi connectivity index (χ0) is 13.8. The molecular formula is C19H29N. The lowest BCUT2D eigenvalue weighted by Crippen LogP contribution is -2.44. The molecule has 1 N–H and O–H groups in total. The first-order valence-corrected chi connectivity index (χ1v) is 8.65. The first kappa shape index (κ1) is 14.1. The maximum absolute atomic E-state index is 4.01. The maximum atomic E-state index is 4.01. The maximum Gasteiger partial charge on any atom is 0.0138 e. The van der Waals surface area contributed by atoms with Crippen molar-refractivity contribution in [2.24, 2.45) is 5.92 Å². The lowest BCUT2D eigenvalue weighted by Gasteiger charge is -2.36. The topological polar surface area (TPSA) is 12.0 Å². The van der Waals surface area contributed by atoms with Crippen molar-refractivity contribution in [1.82, 2.24) is 5.32 Å². The molecule has 2 fully saturated rings. The Balaban J connectivity index is 1.66. The molecule has 2 aliphatic rings. The Bertz CT molecular complexity index is 393. The average molecular weight is 271 g/mol. The molecule has 2 aliphatic carbocycles. The quantitative estimate of drug-likeness (QED) is 0.823. The van der Waals surface area contributed by atoms with Crippen molar-refractivity contribution < 1.29 is 0 Å². The second-order valence-corrected chi connectivity index (χ2v) is 6.91. The average Bonchev–Trinajstić information content (AvgIpc) is 3.03. The van der Waals surface area contributed by atoms with Gasteiger partial charge >= 0.3 is 0 Å². The van der Waals surface area contributed by atoms with Crippen molar-refractivity contribution in [3.63, 3.8) is 0 Å². The van der Waals surface area contributed by atoms with Crippen LogP contribution in [0.2, 0.25) is 0 Å². The normalized spacial score (nSPS) is 29.4. The van der Waals surface area contributed by atoms with Gasteiger partial charge in [-0.3, -0.25) is 0 Å². The van der Waals surface area contributed by atoms with E-state index in [1.165, 1.54) is 51.4 Å². The minimum absolute atomic E-state index is 0.696. The standard InChI is InChI=1S/C19H29N/c1-15(16-9-5-6-10-16)20-19-14-8-7-13-18(19)17-11-3-2-4-12-17/h2-4,11-12,15-16,18-20H,5-10,13-14H2,1H3/t15-,18?,19?/m1/s1. The molecule has 3 rings (SSSR count). The summed E-state index contributed by atoms with van der Waals surface area (Å²) in [5.74, 6) is 1.65. The molecule has 110 valence electrons. The van der Waals surface area contributed by atoms with Gasteiger partial charge < -0.3 is 5.32 Å². The van der Waals surface area contributed by atoms with Gasteiger partial charge in [-0.05, 0) is 50.0 Å². The molecule has 0 aromatic heterocycles. The van der Waals surface area contributed by atoms with Crippen LogP contribution in [0, 0.1) is 5.92 Å². The number of hydrogen-bond acceptors (Lipinski definition) is 1. The summed E-state index contributed by atoms with van der Waals surface area (Å²) >= 11 is 0. The fraction of sp³-hybridized carbons (Fsp3) is 0.684. The van der Waals surface area contributed by atoms with Crippen molar-refractivity contribution in [3.05, 3.63) is 35.9 Å². The highest BCUT2D eigenvalue weighted by Crippen LogP contribution is 2.35. The van der Waals surface area contributed by atoms with Crippen LogP contribution in [-0.2, 0) is 0 Å². The van der Waals surface area contributed by atoms with E-state index in [-0.39, 0.29) is 0 Å². The number of hydrogen-bond donors (Lipinski definition) is 1. The second kappa shape index (κ2) is 6.76. The van der Waals surface area contributed by atoms with Crippen molar-refractivity contribution in [3.8, 4) is 0 Å². The fourth-order valence-corrected chi connectivity index (χ4v) is 4.36. The predicted octanol–water partition coefficient (Wildman–Crippen LogP) is 4.88. The first-order chi connectivity index (χ1) is 9.84. The summed E-state index contributed by atoms with van der Waals surface area (Å²) in [7, 11) is 0. The summed E-state index contributed by atoms with van der Waals surface area (Å²) in [6.45, 7) is 2.42. The second-order valence-electron chi connectivity index (χ2n) is 6.91. The van der Waals surface area contributed by atoms with Crippen molar-refractivity contribution >= 4 is 0 Å². The van der Waals surface area contributed by atoms with Crippen molar-refractivity contribution in [2.45, 2.75) is 76.3 Å². The molecule has 2 unspecified atom stereocenters. The smallest absolute Gasteiger partial charge is 0.0138 e. The Kier molecular flexibility index (Phi) is 4.77. The van der Waals surface area contributed by atoms with E-state index < -0.39 is 0 Å². The van der Waals surface area contributed by atoms with Gasteiger partial charge in [0.1, 0.15) is 0 Å². The zero-order valence-electron chi connectivity index (χ0n) is 12.9. The number of nitrogens with one attached hydrogen (secondary N) is 1. The van der Waals surface area contributed by atoms with E-state index in [1.807, 2.05) is 0 Å². The molecule has 0 bridgehead atoms. The van der Waals surface area contributed by atoms with E-state index in [1.54, 1.807) is 5.56 Å². The van der Waals surface area contributed by atoms with Crippen LogP contribution in [0.5, 0.6) is 0 Å². The lowest BCUT2D eigenvalue weighted by molar-refractivity contribution is 0.267. The van der Waals surface area contributed by atoms with Gasteiger partial charge in [-0.1, -0.05) is 56.0 Å². The Labute approximate surface area is 124 Å². The van der Waals surface area contributed by atoms with Crippen molar-refractivity contribution in [2.75, 3.05) is 0 Å². The summed E-state index contributed by atoms with van der Waals surface area (Å²) < 4.78 is 0. The Hall–Kier alpha value is -0.820. The molecule has 20 heavy (non-hydrogen) atoms. The highest BCUT2D eigenvalue weighted by molar-refractivity contribution is 5.22. The van der Waals surface area contributed by atoms with Crippen LogP contribution in [0.25, 0.3) is 0 Å². The number of benzene rings is 1. The minimum Gasteiger partial charge on any atom is -0.311 e. The first-order valence-electron chi connectivity index (χ1n) is 8.65. The molecule has 1 aromatic rings. The van der Waals surface area contributed by atoms with Gasteiger partial charge in [-0.15, -0.1) is 0 Å². The van der Waals surface area contributed by atoms with Gasteiger partial charge in [0, 0.05) is 12.1 Å². The van der Waals surface area contributed by atoms with E-state index in [9.17, 15) is 0 Å². The molecule has 1 aromatic carbocycles. The monoisotopic (exact) mass is 271 g/mol. The van der Waals surface area contributed by atoms with Crippen LogP contribution in [0.3, 0.4) is 0 Å². The highest BCUT2D eigenvalue weighted by Gasteiger charge is 2.30. The lowest BCUT2D eigenvalue weighted by atomic mass is 9.79. The summed E-state index contributed by atoms with van der Waals surface area (Å²) in [6.07, 6.45) is 11.3. The third kappa shape index (κ3) is 3.25. The molecule has 0 heterocycles. The predicted molar refractivity (Wildman–Crippen MR) is 86.0 cm³/mol. The Morgan fingerprint density at radius 2 is 1.55 bits per heavy atom. The van der Waals surface area contributed by atoms with Crippen LogP contribution in [0.1, 0.15) is 69.8 Å². The molecule has 0 saturated heterocycles. The van der Waals surface area contributed by atoms with E-state index in [4.69, 9.17) is 0 Å². The largest absolute Gasteiger partial charge is 0.311 e. The third-order valence-corrected chi connectivity index (χ3v) is 5.58. The summed E-state index contributed by atoms with van der Waals surface area (Å²) in [5.41, 5.74) is 1.54. The molecule has 0 radical (unpaired) electrons. The molecule has 0 amide bonds. The third-order valence-electron chi connectivity index (χ3n) is 5.58. The molecule has 2 saturated carbocycles. The van der Waals surface area contributed by atoms with Gasteiger partial charge in [-0.25, -0.2) is 0 Å². The van der Waals surface area contributed by atoms with Crippen molar-refractivity contribution in [1.29, 1.82) is 0 Å². The van der Waals surface area contributed by atoms with Gasteiger partial charge in [0.05, 0.1) is 0 Å². The van der Waals surface area contributed by atoms with Crippen LogP contribution < -0.4 is 5.32 Å². The van der Waals surface area contributed by atoms with Crippen LogP contribution in [0.15, 0.2) is 30.3 Å². The van der Waals surface area contributed by atoms with E-state index in [0.717, 1.165) is 11.8 Å². The molecule has 1 nitrogen and oxygen atoms in total. The minimum atomic E-state index is 0.696. The van der Waals surface area contributed by atoms with Crippen LogP contribution >= 0.6 is 0 Å². The summed E-state index contributed by atoms with van der Waals surface area (Å²) in [6, 6.07) is 12.6. The molecular weight excluding hydrogens is 242 g/mol. The van der Waals surface area contributed by atoms with E-state index in [0.29, 0.717) is 12.1 Å². The van der Waals surface area contributed by atoms with Gasteiger partial charge in [0.25, 0.3) is 0 Å². The molecule has 3 atom stereocenters. The van der Waals surface area contributed by atoms with Gasteiger partial charge in [0.2, 0.25) is 0 Å². The molecule has 1 heteroatoms. The van der Waals surface area contributed by atoms with Crippen LogP contribution in [0.4, 0.5) is 0 Å². The Morgan fingerprint density at radius 3 is 2.30 bits per heavy atom. The Morgan fingerprint density at radius 1 is 0.900 bits per heavy atom. The fourth-order valence-electron chi connectivity index (χ4n) is 4.36. The van der Waals surface area contributed by atoms with E-state index in [2.05, 4.69) is 42.6 Å². The highest BCUT2D eigenvalue weighted by atomic mass is 15.0. The number of rotatable bonds is 4. The SMILES string of the molecule is C[C@@H](NC1CCCCC1c1ccccc1)C1CCCC1. The molecule has 0 aliphatic heterocycles. The van der Waals surface area contributed by atoms with E-state index >= 15 is 0 Å². The zero-order valence-corrected chi connectivity index (χ0v) is 12.9. The summed E-state index contributed by atoms with van der Waals surface area (Å²) in [4.78, 5) is 0. The molecule has 0 spiro atoms. The summed E-state index contributed by atoms with van der Waals surface area (Å²) in [5, 5.41) is 4.01. The van der Waals surface area contributed by atoms with Gasteiger partial charge in [-0.2, -0.15) is 0 Å². The van der Waals surface area contributed by atoms with Gasteiger partial charge in [0.15, 0.2) is 0 Å².